The minimum absolute atomic E-state index is 0.0315. The predicted octanol–water partition coefficient (Wildman–Crippen LogP) is 3.92. The number of carbonyl (C=O) groups is 1. The first kappa shape index (κ1) is 19.0. The van der Waals surface area contributed by atoms with Gasteiger partial charge in [-0.2, -0.15) is 4.98 Å². The second-order valence-corrected chi connectivity index (χ2v) is 7.49. The lowest BCUT2D eigenvalue weighted by atomic mass is 10.1. The summed E-state index contributed by atoms with van der Waals surface area (Å²) in [6.07, 6.45) is 0.214. The molecule has 1 heterocycles. The van der Waals surface area contributed by atoms with E-state index in [4.69, 9.17) is 16.1 Å². The van der Waals surface area contributed by atoms with E-state index < -0.39 is 21.8 Å². The van der Waals surface area contributed by atoms with E-state index in [0.29, 0.717) is 0 Å². The fourth-order valence-corrected chi connectivity index (χ4v) is 3.73. The van der Waals surface area contributed by atoms with Gasteiger partial charge in [-0.15, -0.1) is 0 Å². The molecule has 2 aromatic carbocycles. The van der Waals surface area contributed by atoms with Crippen LogP contribution >= 0.6 is 11.6 Å². The van der Waals surface area contributed by atoms with E-state index in [2.05, 4.69) is 14.9 Å². The topological polar surface area (TPSA) is 102 Å². The fourth-order valence-electron chi connectivity index (χ4n) is 2.27. The number of anilines is 1. The zero-order valence-corrected chi connectivity index (χ0v) is 15.5. The fraction of sp³-hybridized carbons (Fsp3) is 0.118. The van der Waals surface area contributed by atoms with E-state index >= 15 is 0 Å². The number of rotatable bonds is 6. The van der Waals surface area contributed by atoms with Crippen LogP contribution in [0.4, 0.5) is 10.3 Å². The van der Waals surface area contributed by atoms with E-state index in [0.717, 1.165) is 0 Å². The van der Waals surface area contributed by atoms with Crippen molar-refractivity contribution in [1.82, 2.24) is 10.1 Å². The first-order valence-electron chi connectivity index (χ1n) is 7.76. The SMILES string of the molecule is CCC(=O)c1ccc(Cl)c(S(=O)(=O)Nc2noc(-c3ccccc3F)n2)c1. The number of aromatic nitrogens is 2. The molecule has 7 nitrogen and oxygen atoms in total. The summed E-state index contributed by atoms with van der Waals surface area (Å²) in [6.45, 7) is 1.66. The average Bonchev–Trinajstić information content (AvgIpc) is 3.09. The Labute approximate surface area is 159 Å². The summed E-state index contributed by atoms with van der Waals surface area (Å²) >= 11 is 5.97. The van der Waals surface area contributed by atoms with Crippen LogP contribution in [0.3, 0.4) is 0 Å². The first-order valence-corrected chi connectivity index (χ1v) is 9.62. The third-order valence-corrected chi connectivity index (χ3v) is 5.43. The van der Waals surface area contributed by atoms with Gasteiger partial charge in [-0.05, 0) is 35.5 Å². The second-order valence-electron chi connectivity index (χ2n) is 5.43. The molecule has 0 amide bonds. The third-order valence-electron chi connectivity index (χ3n) is 3.62. The van der Waals surface area contributed by atoms with Crippen LogP contribution in [-0.4, -0.2) is 24.3 Å². The average molecular weight is 410 g/mol. The van der Waals surface area contributed by atoms with Gasteiger partial charge >= 0.3 is 0 Å². The highest BCUT2D eigenvalue weighted by Gasteiger charge is 2.23. The van der Waals surface area contributed by atoms with Crippen LogP contribution in [0.1, 0.15) is 23.7 Å². The van der Waals surface area contributed by atoms with Gasteiger partial charge in [0.05, 0.1) is 10.6 Å². The zero-order chi connectivity index (χ0) is 19.6. The zero-order valence-electron chi connectivity index (χ0n) is 13.9. The van der Waals surface area contributed by atoms with Crippen LogP contribution in [0.15, 0.2) is 51.9 Å². The van der Waals surface area contributed by atoms with Crippen LogP contribution in [0.2, 0.25) is 5.02 Å². The molecule has 1 N–H and O–H groups in total. The minimum Gasteiger partial charge on any atom is -0.332 e. The molecule has 27 heavy (non-hydrogen) atoms. The highest BCUT2D eigenvalue weighted by Crippen LogP contribution is 2.26. The summed E-state index contributed by atoms with van der Waals surface area (Å²) in [6, 6.07) is 9.62. The van der Waals surface area contributed by atoms with Gasteiger partial charge in [0.2, 0.25) is 0 Å². The molecule has 0 saturated heterocycles. The molecule has 3 rings (SSSR count). The Morgan fingerprint density at radius 3 is 2.70 bits per heavy atom. The molecule has 140 valence electrons. The van der Waals surface area contributed by atoms with Gasteiger partial charge in [0.1, 0.15) is 10.7 Å². The number of nitrogens with zero attached hydrogens (tertiary/aromatic N) is 2. The number of Topliss-reactive ketones (excluding diaryl/α,β-unsaturated/α-hetero) is 1. The number of hydrogen-bond donors (Lipinski definition) is 1. The molecular weight excluding hydrogens is 397 g/mol. The maximum atomic E-state index is 13.8. The molecule has 0 radical (unpaired) electrons. The maximum Gasteiger partial charge on any atom is 0.277 e. The van der Waals surface area contributed by atoms with Crippen LogP contribution in [0.25, 0.3) is 11.5 Å². The number of carbonyl (C=O) groups excluding carboxylic acids is 1. The molecule has 0 aliphatic heterocycles. The molecule has 0 spiro atoms. The summed E-state index contributed by atoms with van der Waals surface area (Å²) in [7, 11) is -4.20. The Balaban J connectivity index is 1.92. The van der Waals surface area contributed by atoms with Crippen molar-refractivity contribution in [3.8, 4) is 11.5 Å². The largest absolute Gasteiger partial charge is 0.332 e. The number of nitrogens with one attached hydrogen (secondary N) is 1. The van der Waals surface area contributed by atoms with Crippen molar-refractivity contribution in [2.24, 2.45) is 0 Å². The summed E-state index contributed by atoms with van der Waals surface area (Å²) in [4.78, 5) is 15.4. The Morgan fingerprint density at radius 2 is 2.00 bits per heavy atom. The Kier molecular flexibility index (Phi) is 5.24. The van der Waals surface area contributed by atoms with Gasteiger partial charge in [0, 0.05) is 12.0 Å². The Morgan fingerprint density at radius 1 is 1.26 bits per heavy atom. The smallest absolute Gasteiger partial charge is 0.277 e. The van der Waals surface area contributed by atoms with Gasteiger partial charge in [-0.3, -0.25) is 4.79 Å². The van der Waals surface area contributed by atoms with Crippen molar-refractivity contribution in [1.29, 1.82) is 0 Å². The molecule has 0 fully saturated rings. The van der Waals surface area contributed by atoms with E-state index in [9.17, 15) is 17.6 Å². The number of halogens is 2. The van der Waals surface area contributed by atoms with Gasteiger partial charge in [-0.25, -0.2) is 17.5 Å². The van der Waals surface area contributed by atoms with Crippen molar-refractivity contribution in [3.05, 3.63) is 58.9 Å². The normalized spacial score (nSPS) is 11.4. The number of sulfonamides is 1. The van der Waals surface area contributed by atoms with E-state index in [1.165, 1.54) is 36.4 Å². The van der Waals surface area contributed by atoms with Crippen LogP contribution in [0, 0.1) is 5.82 Å². The van der Waals surface area contributed by atoms with Crippen molar-refractivity contribution in [2.45, 2.75) is 18.2 Å². The van der Waals surface area contributed by atoms with E-state index in [1.807, 2.05) is 0 Å². The molecule has 10 heteroatoms. The lowest BCUT2D eigenvalue weighted by Gasteiger charge is -2.08. The van der Waals surface area contributed by atoms with E-state index in [-0.39, 0.29) is 39.1 Å². The maximum absolute atomic E-state index is 13.8. The molecule has 0 atom stereocenters. The highest BCUT2D eigenvalue weighted by atomic mass is 35.5. The molecule has 0 aliphatic carbocycles. The summed E-state index contributed by atoms with van der Waals surface area (Å²) < 4.78 is 46.0. The van der Waals surface area contributed by atoms with Gasteiger partial charge < -0.3 is 4.52 Å². The third kappa shape index (κ3) is 3.99. The molecule has 0 bridgehead atoms. The first-order chi connectivity index (χ1) is 12.8. The molecule has 0 unspecified atom stereocenters. The molecule has 0 aliphatic rings. The standard InChI is InChI=1S/C17H13ClFN3O4S/c1-2-14(23)10-7-8-12(18)15(9-10)27(24,25)22-17-20-16(26-21-17)11-5-3-4-6-13(11)19/h3-9H,2H2,1H3,(H,21,22). The predicted molar refractivity (Wildman–Crippen MR) is 96.6 cm³/mol. The molecule has 1 aromatic heterocycles. The van der Waals surface area contributed by atoms with Crippen molar-refractivity contribution in [2.75, 3.05) is 4.72 Å². The Hall–Kier alpha value is -2.78. The number of benzene rings is 2. The monoisotopic (exact) mass is 409 g/mol. The molecular formula is C17H13ClFN3O4S. The minimum atomic E-state index is -4.20. The van der Waals surface area contributed by atoms with Gasteiger partial charge in [0.25, 0.3) is 21.9 Å². The molecule has 3 aromatic rings. The van der Waals surface area contributed by atoms with Crippen molar-refractivity contribution >= 4 is 33.4 Å². The molecule has 0 saturated carbocycles. The summed E-state index contributed by atoms with van der Waals surface area (Å²) in [5.41, 5.74) is 0.242. The lowest BCUT2D eigenvalue weighted by molar-refractivity contribution is 0.0988. The number of ketones is 1. The Bertz CT molecular complexity index is 1110. The van der Waals surface area contributed by atoms with E-state index in [1.54, 1.807) is 13.0 Å². The van der Waals surface area contributed by atoms with Crippen LogP contribution in [0.5, 0.6) is 0 Å². The number of hydrogen-bond acceptors (Lipinski definition) is 6. The van der Waals surface area contributed by atoms with Crippen LogP contribution < -0.4 is 4.72 Å². The quantitative estimate of drug-likeness (QED) is 0.619. The van der Waals surface area contributed by atoms with Gasteiger partial charge in [0.15, 0.2) is 5.78 Å². The van der Waals surface area contributed by atoms with Crippen LogP contribution in [-0.2, 0) is 10.0 Å². The summed E-state index contributed by atoms with van der Waals surface area (Å²) in [5.74, 6) is -1.41. The van der Waals surface area contributed by atoms with Crippen molar-refractivity contribution < 1.29 is 22.1 Å². The second kappa shape index (κ2) is 7.45. The highest BCUT2D eigenvalue weighted by molar-refractivity contribution is 7.92. The van der Waals surface area contributed by atoms with Crippen molar-refractivity contribution in [3.63, 3.8) is 0 Å². The van der Waals surface area contributed by atoms with Gasteiger partial charge in [-0.1, -0.05) is 30.7 Å². The lowest BCUT2D eigenvalue weighted by Crippen LogP contribution is -2.15. The summed E-state index contributed by atoms with van der Waals surface area (Å²) in [5, 5.41) is 3.42.